The minimum Gasteiger partial charge on any atom is -0.362 e. The van der Waals surface area contributed by atoms with E-state index < -0.39 is 24.2 Å². The smallest absolute Gasteiger partial charge is 0.362 e. The molecule has 3 rings (SSSR count). The molecule has 0 saturated heterocycles. The number of hydrazone groups is 1. The zero-order valence-electron chi connectivity index (χ0n) is 13.0. The van der Waals surface area contributed by atoms with Crippen LogP contribution in [0.4, 0.5) is 13.2 Å². The second-order valence-electron chi connectivity index (χ2n) is 5.64. The summed E-state index contributed by atoms with van der Waals surface area (Å²) in [5.41, 5.74) is -3.35. The third-order valence-electron chi connectivity index (χ3n) is 3.89. The molecule has 1 heterocycles. The summed E-state index contributed by atoms with van der Waals surface area (Å²) >= 11 is 9.14. The normalized spacial score (nSPS) is 20.2. The third-order valence-corrected chi connectivity index (χ3v) is 4.72. The van der Waals surface area contributed by atoms with Gasteiger partial charge in [-0.05, 0) is 29.8 Å². The van der Waals surface area contributed by atoms with Crippen LogP contribution in [-0.2, 0) is 0 Å². The number of amides is 1. The maximum absolute atomic E-state index is 13.6. The van der Waals surface area contributed by atoms with Crippen molar-refractivity contribution in [3.8, 4) is 0 Å². The van der Waals surface area contributed by atoms with Crippen molar-refractivity contribution >= 4 is 39.1 Å². The van der Waals surface area contributed by atoms with Gasteiger partial charge in [-0.25, -0.2) is 0 Å². The Labute approximate surface area is 160 Å². The number of benzene rings is 2. The molecule has 1 aliphatic rings. The van der Waals surface area contributed by atoms with Crippen molar-refractivity contribution in [3.63, 3.8) is 0 Å². The maximum Gasteiger partial charge on any atom is 0.438 e. The first-order valence-electron chi connectivity index (χ1n) is 7.35. The molecule has 9 heteroatoms. The van der Waals surface area contributed by atoms with Crippen LogP contribution in [0.5, 0.6) is 0 Å². The van der Waals surface area contributed by atoms with Gasteiger partial charge in [0.1, 0.15) is 0 Å². The van der Waals surface area contributed by atoms with Crippen LogP contribution in [0.1, 0.15) is 22.3 Å². The second-order valence-corrected chi connectivity index (χ2v) is 6.97. The SMILES string of the molecule is O=C(c1ccccc1Cl)N1N=C(c2cccc(Br)c2)CC1(O)C(F)(F)F. The van der Waals surface area contributed by atoms with Crippen molar-refractivity contribution in [2.24, 2.45) is 5.10 Å². The molecule has 1 amide bonds. The summed E-state index contributed by atoms with van der Waals surface area (Å²) in [7, 11) is 0. The van der Waals surface area contributed by atoms with E-state index in [0.29, 0.717) is 10.0 Å². The summed E-state index contributed by atoms with van der Waals surface area (Å²) < 4.78 is 41.4. The lowest BCUT2D eigenvalue weighted by Crippen LogP contribution is -2.56. The Morgan fingerprint density at radius 2 is 1.92 bits per heavy atom. The molecular weight excluding hydrogens is 437 g/mol. The molecule has 2 aromatic rings. The molecule has 1 atom stereocenters. The summed E-state index contributed by atoms with van der Waals surface area (Å²) in [6.07, 6.45) is -6.00. The number of carbonyl (C=O) groups is 1. The number of hydrogen-bond acceptors (Lipinski definition) is 3. The Bertz CT molecular complexity index is 904. The molecule has 0 saturated carbocycles. The standard InChI is InChI=1S/C17H11BrClF3N2O2/c18-11-5-3-4-10(8-11)14-9-16(26,17(20,21)22)24(23-14)15(25)12-6-1-2-7-13(12)19/h1-8,26H,9H2. The van der Waals surface area contributed by atoms with E-state index in [4.69, 9.17) is 11.6 Å². The predicted octanol–water partition coefficient (Wildman–Crippen LogP) is 4.60. The fourth-order valence-corrected chi connectivity index (χ4v) is 3.17. The molecule has 1 aliphatic heterocycles. The summed E-state index contributed by atoms with van der Waals surface area (Å²) in [6, 6.07) is 12.1. The van der Waals surface area contributed by atoms with Gasteiger partial charge in [-0.2, -0.15) is 23.3 Å². The van der Waals surface area contributed by atoms with Gasteiger partial charge >= 0.3 is 6.18 Å². The van der Waals surface area contributed by atoms with Gasteiger partial charge in [0.05, 0.1) is 22.7 Å². The van der Waals surface area contributed by atoms with E-state index in [1.807, 2.05) is 0 Å². The van der Waals surface area contributed by atoms with Crippen molar-refractivity contribution in [2.45, 2.75) is 18.3 Å². The van der Waals surface area contributed by atoms with Gasteiger partial charge in [0.25, 0.3) is 11.6 Å². The molecule has 0 aromatic heterocycles. The van der Waals surface area contributed by atoms with Crippen LogP contribution in [0.3, 0.4) is 0 Å². The van der Waals surface area contributed by atoms with Crippen LogP contribution >= 0.6 is 27.5 Å². The molecule has 136 valence electrons. The first-order chi connectivity index (χ1) is 12.1. The number of nitrogens with zero attached hydrogens (tertiary/aromatic N) is 2. The van der Waals surface area contributed by atoms with E-state index in [9.17, 15) is 23.1 Å². The highest BCUT2D eigenvalue weighted by Crippen LogP contribution is 2.42. The van der Waals surface area contributed by atoms with Crippen LogP contribution < -0.4 is 0 Å². The highest BCUT2D eigenvalue weighted by atomic mass is 79.9. The molecule has 0 fully saturated rings. The van der Waals surface area contributed by atoms with Crippen molar-refractivity contribution in [1.29, 1.82) is 0 Å². The molecule has 0 spiro atoms. The van der Waals surface area contributed by atoms with E-state index in [0.717, 1.165) is 0 Å². The minimum atomic E-state index is -5.11. The van der Waals surface area contributed by atoms with E-state index in [2.05, 4.69) is 21.0 Å². The number of carbonyl (C=O) groups excluding carboxylic acids is 1. The van der Waals surface area contributed by atoms with Gasteiger partial charge in [0, 0.05) is 4.47 Å². The molecular formula is C17H11BrClF3N2O2. The number of halogens is 5. The van der Waals surface area contributed by atoms with Gasteiger partial charge in [0.15, 0.2) is 0 Å². The first-order valence-corrected chi connectivity index (χ1v) is 8.52. The quantitative estimate of drug-likeness (QED) is 0.731. The maximum atomic E-state index is 13.6. The summed E-state index contributed by atoms with van der Waals surface area (Å²) in [4.78, 5) is 12.6. The van der Waals surface area contributed by atoms with Gasteiger partial charge in [-0.1, -0.05) is 51.8 Å². The number of hydrogen-bond donors (Lipinski definition) is 1. The number of aliphatic hydroxyl groups is 1. The van der Waals surface area contributed by atoms with Crippen molar-refractivity contribution in [3.05, 3.63) is 69.2 Å². The monoisotopic (exact) mass is 446 g/mol. The highest BCUT2D eigenvalue weighted by molar-refractivity contribution is 9.10. The first kappa shape index (κ1) is 18.9. The lowest BCUT2D eigenvalue weighted by molar-refractivity contribution is -0.297. The average Bonchev–Trinajstić information content (AvgIpc) is 2.94. The number of rotatable bonds is 2. The molecule has 1 N–H and O–H groups in total. The summed E-state index contributed by atoms with van der Waals surface area (Å²) in [6.45, 7) is 0. The van der Waals surface area contributed by atoms with Crippen molar-refractivity contribution < 1.29 is 23.1 Å². The van der Waals surface area contributed by atoms with E-state index in [1.165, 1.54) is 24.3 Å². The van der Waals surface area contributed by atoms with Gasteiger partial charge in [0.2, 0.25) is 0 Å². The van der Waals surface area contributed by atoms with Gasteiger partial charge in [-0.15, -0.1) is 0 Å². The Balaban J connectivity index is 2.09. The Morgan fingerprint density at radius 3 is 2.54 bits per heavy atom. The molecule has 2 aromatic carbocycles. The summed E-state index contributed by atoms with van der Waals surface area (Å²) in [5, 5.41) is 14.1. The predicted molar refractivity (Wildman–Crippen MR) is 93.9 cm³/mol. The molecule has 4 nitrogen and oxygen atoms in total. The van der Waals surface area contributed by atoms with E-state index in [1.54, 1.807) is 24.3 Å². The largest absolute Gasteiger partial charge is 0.438 e. The van der Waals surface area contributed by atoms with Crippen molar-refractivity contribution in [2.75, 3.05) is 0 Å². The lowest BCUT2D eigenvalue weighted by Gasteiger charge is -2.32. The molecule has 0 bridgehead atoms. The molecule has 26 heavy (non-hydrogen) atoms. The molecule has 1 unspecified atom stereocenters. The fourth-order valence-electron chi connectivity index (χ4n) is 2.56. The molecule has 0 radical (unpaired) electrons. The summed E-state index contributed by atoms with van der Waals surface area (Å²) in [5.74, 6) is -1.14. The average molecular weight is 448 g/mol. The molecule has 0 aliphatic carbocycles. The number of alkyl halides is 3. The van der Waals surface area contributed by atoms with Crippen LogP contribution in [0, 0.1) is 0 Å². The second kappa shape index (κ2) is 6.68. The zero-order valence-corrected chi connectivity index (χ0v) is 15.3. The Morgan fingerprint density at radius 1 is 1.23 bits per heavy atom. The van der Waals surface area contributed by atoms with Crippen LogP contribution in [0.2, 0.25) is 5.02 Å². The van der Waals surface area contributed by atoms with Crippen LogP contribution in [-0.4, -0.2) is 33.6 Å². The zero-order chi connectivity index (χ0) is 19.1. The van der Waals surface area contributed by atoms with Gasteiger partial charge in [-0.3, -0.25) is 4.79 Å². The third kappa shape index (κ3) is 3.24. The minimum absolute atomic E-state index is 0.0341. The van der Waals surface area contributed by atoms with E-state index in [-0.39, 0.29) is 21.3 Å². The topological polar surface area (TPSA) is 52.9 Å². The highest BCUT2D eigenvalue weighted by Gasteiger charge is 2.63. The Kier molecular flexibility index (Phi) is 4.85. The lowest BCUT2D eigenvalue weighted by atomic mass is 10.0. The fraction of sp³-hybridized carbons (Fsp3) is 0.176. The van der Waals surface area contributed by atoms with Gasteiger partial charge < -0.3 is 5.11 Å². The Hall–Kier alpha value is -1.90. The van der Waals surface area contributed by atoms with E-state index >= 15 is 0 Å². The van der Waals surface area contributed by atoms with Crippen LogP contribution in [0.25, 0.3) is 0 Å². The van der Waals surface area contributed by atoms with Crippen LogP contribution in [0.15, 0.2) is 58.1 Å². The van der Waals surface area contributed by atoms with Crippen molar-refractivity contribution in [1.82, 2.24) is 5.01 Å².